The SMILES string of the molecule is Nc1cccc(CC(C(=O)O)N(CCN(CCN(CC(=O)O)CC(=O)O)CC(=O)O)CC(=O)O)c1. The molecule has 0 spiro atoms. The molecule has 1 aromatic carbocycles. The summed E-state index contributed by atoms with van der Waals surface area (Å²) in [6.07, 6.45) is -0.0441. The number of carboxylic acids is 5. The summed E-state index contributed by atoms with van der Waals surface area (Å²) in [6.45, 7) is -2.58. The Kier molecular flexibility index (Phi) is 12.1. The summed E-state index contributed by atoms with van der Waals surface area (Å²) < 4.78 is 0. The highest BCUT2D eigenvalue weighted by atomic mass is 16.4. The van der Waals surface area contributed by atoms with Crippen molar-refractivity contribution in [3.63, 3.8) is 0 Å². The molecule has 7 N–H and O–H groups in total. The lowest BCUT2D eigenvalue weighted by Gasteiger charge is -2.31. The molecule has 14 nitrogen and oxygen atoms in total. The lowest BCUT2D eigenvalue weighted by molar-refractivity contribution is -0.147. The number of hydrogen-bond donors (Lipinski definition) is 6. The summed E-state index contributed by atoms with van der Waals surface area (Å²) in [5.74, 6) is -6.27. The van der Waals surface area contributed by atoms with Crippen molar-refractivity contribution in [1.82, 2.24) is 14.7 Å². The van der Waals surface area contributed by atoms with Crippen LogP contribution in [-0.4, -0.2) is 128 Å². The topological polar surface area (TPSA) is 222 Å². The Morgan fingerprint density at radius 3 is 1.69 bits per heavy atom. The summed E-state index contributed by atoms with van der Waals surface area (Å²) in [6, 6.07) is 5.25. The molecule has 1 atom stereocenters. The number of carbonyl (C=O) groups is 5. The summed E-state index contributed by atoms with van der Waals surface area (Å²) in [4.78, 5) is 60.3. The Bertz CT molecular complexity index is 894. The van der Waals surface area contributed by atoms with Crippen molar-refractivity contribution in [1.29, 1.82) is 0 Å². The van der Waals surface area contributed by atoms with Crippen LogP contribution in [0.4, 0.5) is 5.69 Å². The third-order valence-electron chi connectivity index (χ3n) is 4.96. The number of anilines is 1. The largest absolute Gasteiger partial charge is 0.480 e. The number of nitrogen functional groups attached to an aromatic ring is 1. The maximum atomic E-state index is 12.0. The third-order valence-corrected chi connectivity index (χ3v) is 4.96. The monoisotopic (exact) mass is 498 g/mol. The third kappa shape index (κ3) is 12.3. The van der Waals surface area contributed by atoms with E-state index < -0.39 is 62.1 Å². The van der Waals surface area contributed by atoms with Crippen molar-refractivity contribution in [3.8, 4) is 0 Å². The second-order valence-corrected chi connectivity index (χ2v) is 7.84. The predicted octanol–water partition coefficient (Wildman–Crippen LogP) is -1.49. The van der Waals surface area contributed by atoms with E-state index in [9.17, 15) is 39.3 Å². The van der Waals surface area contributed by atoms with E-state index >= 15 is 0 Å². The van der Waals surface area contributed by atoms with E-state index in [1.807, 2.05) is 0 Å². The van der Waals surface area contributed by atoms with Gasteiger partial charge in [0.25, 0.3) is 0 Å². The van der Waals surface area contributed by atoms with Crippen LogP contribution < -0.4 is 5.73 Å². The molecule has 0 amide bonds. The van der Waals surface area contributed by atoms with E-state index in [4.69, 9.17) is 15.9 Å². The average Bonchev–Trinajstić information content (AvgIpc) is 2.71. The highest BCUT2D eigenvalue weighted by Gasteiger charge is 2.28. The van der Waals surface area contributed by atoms with Gasteiger partial charge >= 0.3 is 29.8 Å². The fraction of sp³-hybridized carbons (Fsp3) is 0.476. The zero-order valence-corrected chi connectivity index (χ0v) is 18.9. The lowest BCUT2D eigenvalue weighted by Crippen LogP contribution is -2.49. The van der Waals surface area contributed by atoms with Crippen molar-refractivity contribution in [2.24, 2.45) is 0 Å². The van der Waals surface area contributed by atoms with Gasteiger partial charge in [-0.1, -0.05) is 12.1 Å². The minimum Gasteiger partial charge on any atom is -0.480 e. The number of hydrogen-bond acceptors (Lipinski definition) is 9. The quantitative estimate of drug-likeness (QED) is 0.127. The summed E-state index contributed by atoms with van der Waals surface area (Å²) >= 11 is 0. The molecular weight excluding hydrogens is 468 g/mol. The van der Waals surface area contributed by atoms with E-state index in [0.29, 0.717) is 11.3 Å². The van der Waals surface area contributed by atoms with Crippen LogP contribution in [-0.2, 0) is 30.4 Å². The second kappa shape index (κ2) is 14.5. The first-order chi connectivity index (χ1) is 16.4. The van der Waals surface area contributed by atoms with Crippen LogP contribution in [0.15, 0.2) is 24.3 Å². The molecule has 0 aliphatic heterocycles. The molecule has 1 aromatic rings. The first-order valence-electron chi connectivity index (χ1n) is 10.5. The molecule has 0 aromatic heterocycles. The summed E-state index contributed by atoms with van der Waals surface area (Å²) in [5, 5.41) is 46.2. The van der Waals surface area contributed by atoms with Gasteiger partial charge in [-0.2, -0.15) is 0 Å². The number of benzene rings is 1. The fourth-order valence-corrected chi connectivity index (χ4v) is 3.45. The van der Waals surface area contributed by atoms with Crippen LogP contribution in [0.2, 0.25) is 0 Å². The number of carboxylic acid groups (broad SMARTS) is 5. The van der Waals surface area contributed by atoms with Crippen LogP contribution >= 0.6 is 0 Å². The Morgan fingerprint density at radius 2 is 1.20 bits per heavy atom. The Hall–Kier alpha value is -3.75. The van der Waals surface area contributed by atoms with Crippen LogP contribution in [0.1, 0.15) is 5.56 Å². The Morgan fingerprint density at radius 1 is 0.714 bits per heavy atom. The smallest absolute Gasteiger partial charge is 0.321 e. The standard InChI is InChI=1S/C21H30N4O10/c22-15-3-1-2-14(8-15)9-16(21(34)35)25(13-20(32)33)7-6-23(10-17(26)27)4-5-24(11-18(28)29)12-19(30)31/h1-3,8,16H,4-7,9-13,22H2,(H,26,27)(H,28,29)(H,30,31)(H,32,33)(H,34,35). The molecule has 14 heteroatoms. The van der Waals surface area contributed by atoms with Gasteiger partial charge in [0.1, 0.15) is 6.04 Å². The van der Waals surface area contributed by atoms with Crippen molar-refractivity contribution in [2.45, 2.75) is 12.5 Å². The molecule has 0 fully saturated rings. The first-order valence-corrected chi connectivity index (χ1v) is 10.5. The minimum absolute atomic E-state index is 0.0409. The summed E-state index contributed by atoms with van der Waals surface area (Å²) in [5.41, 5.74) is 6.73. The molecule has 0 saturated heterocycles. The molecule has 1 rings (SSSR count). The van der Waals surface area contributed by atoms with Gasteiger partial charge in [0, 0.05) is 31.9 Å². The van der Waals surface area contributed by atoms with Gasteiger partial charge in [-0.3, -0.25) is 38.7 Å². The van der Waals surface area contributed by atoms with Crippen LogP contribution in [0, 0.1) is 0 Å². The molecule has 0 heterocycles. The average molecular weight is 498 g/mol. The van der Waals surface area contributed by atoms with Gasteiger partial charge in [-0.05, 0) is 24.1 Å². The van der Waals surface area contributed by atoms with E-state index in [1.54, 1.807) is 24.3 Å². The van der Waals surface area contributed by atoms with Crippen LogP contribution in [0.3, 0.4) is 0 Å². The fourth-order valence-electron chi connectivity index (χ4n) is 3.45. The molecule has 0 aliphatic rings. The molecule has 0 saturated carbocycles. The minimum atomic E-state index is -1.28. The van der Waals surface area contributed by atoms with Gasteiger partial charge < -0.3 is 31.3 Å². The Labute approximate surface area is 200 Å². The second-order valence-electron chi connectivity index (χ2n) is 7.84. The van der Waals surface area contributed by atoms with Gasteiger partial charge in [0.2, 0.25) is 0 Å². The van der Waals surface area contributed by atoms with Gasteiger partial charge in [-0.25, -0.2) is 0 Å². The molecule has 1 unspecified atom stereocenters. The number of rotatable bonds is 18. The maximum absolute atomic E-state index is 12.0. The molecular formula is C21H30N4O10. The Balaban J connectivity index is 2.98. The predicted molar refractivity (Wildman–Crippen MR) is 121 cm³/mol. The van der Waals surface area contributed by atoms with E-state index in [-0.39, 0.29) is 32.6 Å². The van der Waals surface area contributed by atoms with Crippen molar-refractivity contribution >= 4 is 35.5 Å². The van der Waals surface area contributed by atoms with Gasteiger partial charge in [0.15, 0.2) is 0 Å². The number of nitrogens with zero attached hydrogens (tertiary/aromatic N) is 3. The van der Waals surface area contributed by atoms with E-state index in [0.717, 1.165) is 4.90 Å². The number of nitrogens with two attached hydrogens (primary N) is 1. The lowest BCUT2D eigenvalue weighted by atomic mass is 10.0. The molecule has 194 valence electrons. The van der Waals surface area contributed by atoms with E-state index in [1.165, 1.54) is 9.80 Å². The number of aliphatic carboxylic acids is 5. The molecule has 35 heavy (non-hydrogen) atoms. The highest BCUT2D eigenvalue weighted by Crippen LogP contribution is 2.13. The molecule has 0 radical (unpaired) electrons. The van der Waals surface area contributed by atoms with Crippen molar-refractivity contribution in [3.05, 3.63) is 29.8 Å². The molecule has 0 aliphatic carbocycles. The molecule has 0 bridgehead atoms. The first kappa shape index (κ1) is 29.3. The normalized spacial score (nSPS) is 12.1. The van der Waals surface area contributed by atoms with Crippen LogP contribution in [0.25, 0.3) is 0 Å². The van der Waals surface area contributed by atoms with Gasteiger partial charge in [-0.15, -0.1) is 0 Å². The zero-order chi connectivity index (χ0) is 26.5. The van der Waals surface area contributed by atoms with Gasteiger partial charge in [0.05, 0.1) is 26.2 Å². The zero-order valence-electron chi connectivity index (χ0n) is 18.9. The maximum Gasteiger partial charge on any atom is 0.321 e. The van der Waals surface area contributed by atoms with Crippen LogP contribution in [0.5, 0.6) is 0 Å². The highest BCUT2D eigenvalue weighted by molar-refractivity contribution is 5.76. The van der Waals surface area contributed by atoms with E-state index in [2.05, 4.69) is 0 Å². The van der Waals surface area contributed by atoms with Crippen molar-refractivity contribution < 1.29 is 49.5 Å². The summed E-state index contributed by atoms with van der Waals surface area (Å²) in [7, 11) is 0. The van der Waals surface area contributed by atoms with Crippen molar-refractivity contribution in [2.75, 3.05) is 58.1 Å².